The van der Waals surface area contributed by atoms with Crippen LogP contribution in [0.3, 0.4) is 0 Å². The Balaban J connectivity index is 2.13. The van der Waals surface area contributed by atoms with Gasteiger partial charge in [0.2, 0.25) is 0 Å². The predicted octanol–water partition coefficient (Wildman–Crippen LogP) is 3.72. The van der Waals surface area contributed by atoms with E-state index in [1.54, 1.807) is 0 Å². The molecule has 1 aromatic rings. The average Bonchev–Trinajstić information content (AvgIpc) is 2.55. The number of halogens is 2. The number of anilines is 1. The van der Waals surface area contributed by atoms with Gasteiger partial charge in [-0.15, -0.1) is 0 Å². The second kappa shape index (κ2) is 7.53. The molecule has 0 heterocycles. The number of alkyl halides is 2. The average molecular weight is 339 g/mol. The first kappa shape index (κ1) is 18.1. The highest BCUT2D eigenvalue weighted by Gasteiger charge is 2.44. The van der Waals surface area contributed by atoms with E-state index in [-0.39, 0.29) is 42.4 Å². The molecule has 6 nitrogen and oxygen atoms in total. The third kappa shape index (κ3) is 4.17. The second-order valence-electron chi connectivity index (χ2n) is 5.79. The van der Waals surface area contributed by atoms with Gasteiger partial charge in [0.15, 0.2) is 0 Å². The summed E-state index contributed by atoms with van der Waals surface area (Å²) in [4.78, 5) is 10.4. The summed E-state index contributed by atoms with van der Waals surface area (Å²) in [7, 11) is 0. The van der Waals surface area contributed by atoms with Gasteiger partial charge in [0.1, 0.15) is 5.69 Å². The molecule has 8 heteroatoms. The molecule has 1 aromatic carbocycles. The van der Waals surface area contributed by atoms with Crippen molar-refractivity contribution in [1.29, 1.82) is 5.26 Å². The lowest BCUT2D eigenvalue weighted by Crippen LogP contribution is -2.41. The van der Waals surface area contributed by atoms with E-state index in [4.69, 9.17) is 10.00 Å². The molecule has 1 aliphatic carbocycles. The number of rotatable bonds is 6. The smallest absolute Gasteiger partial charge is 0.292 e. The molecule has 2 atom stereocenters. The van der Waals surface area contributed by atoms with Crippen molar-refractivity contribution in [3.8, 4) is 6.07 Å². The van der Waals surface area contributed by atoms with Gasteiger partial charge in [-0.2, -0.15) is 5.26 Å². The van der Waals surface area contributed by atoms with Crippen LogP contribution < -0.4 is 5.32 Å². The Hall–Kier alpha value is -2.27. The van der Waals surface area contributed by atoms with E-state index < -0.39 is 16.8 Å². The maximum atomic E-state index is 14.1. The third-order valence-corrected chi connectivity index (χ3v) is 4.21. The van der Waals surface area contributed by atoms with Gasteiger partial charge in [0.25, 0.3) is 11.6 Å². The maximum Gasteiger partial charge on any atom is 0.292 e. The number of hydrogen-bond donors (Lipinski definition) is 1. The number of nitriles is 1. The SMILES string of the molecule is CCOC1CCC(F)(F)C(CNc2cc(C#N)ccc2[N+](=O)[O-])C1. The van der Waals surface area contributed by atoms with Crippen molar-refractivity contribution in [2.45, 2.75) is 38.2 Å². The largest absolute Gasteiger partial charge is 0.379 e. The van der Waals surface area contributed by atoms with Crippen LogP contribution in [-0.4, -0.2) is 30.1 Å². The van der Waals surface area contributed by atoms with E-state index in [2.05, 4.69) is 5.32 Å². The van der Waals surface area contributed by atoms with Crippen molar-refractivity contribution < 1.29 is 18.4 Å². The molecule has 2 rings (SSSR count). The molecule has 0 aliphatic heterocycles. The monoisotopic (exact) mass is 339 g/mol. The first-order valence-electron chi connectivity index (χ1n) is 7.79. The van der Waals surface area contributed by atoms with E-state index in [0.717, 1.165) is 0 Å². The molecule has 0 saturated heterocycles. The first-order chi connectivity index (χ1) is 11.4. The summed E-state index contributed by atoms with van der Waals surface area (Å²) in [5.41, 5.74) is 0.0635. The summed E-state index contributed by atoms with van der Waals surface area (Å²) in [5.74, 6) is -3.82. The molecule has 1 saturated carbocycles. The van der Waals surface area contributed by atoms with Gasteiger partial charge in [0, 0.05) is 31.6 Å². The lowest BCUT2D eigenvalue weighted by molar-refractivity contribution is -0.384. The molecule has 0 amide bonds. The van der Waals surface area contributed by atoms with Crippen molar-refractivity contribution >= 4 is 11.4 Å². The summed E-state index contributed by atoms with van der Waals surface area (Å²) < 4.78 is 33.7. The maximum absolute atomic E-state index is 14.1. The van der Waals surface area contributed by atoms with E-state index in [0.29, 0.717) is 13.0 Å². The van der Waals surface area contributed by atoms with E-state index >= 15 is 0 Å². The van der Waals surface area contributed by atoms with Gasteiger partial charge in [-0.1, -0.05) is 0 Å². The van der Waals surface area contributed by atoms with Crippen molar-refractivity contribution in [2.24, 2.45) is 5.92 Å². The number of nitro benzene ring substituents is 1. The van der Waals surface area contributed by atoms with Crippen molar-refractivity contribution in [1.82, 2.24) is 0 Å². The van der Waals surface area contributed by atoms with Crippen LogP contribution in [0.1, 0.15) is 31.7 Å². The number of ether oxygens (including phenoxy) is 1. The van der Waals surface area contributed by atoms with Crippen LogP contribution >= 0.6 is 0 Å². The fourth-order valence-electron chi connectivity index (χ4n) is 2.92. The molecule has 0 spiro atoms. The van der Waals surface area contributed by atoms with Crippen LogP contribution in [-0.2, 0) is 4.74 Å². The molecule has 130 valence electrons. The summed E-state index contributed by atoms with van der Waals surface area (Å²) in [6, 6.07) is 5.71. The lowest BCUT2D eigenvalue weighted by Gasteiger charge is -2.36. The summed E-state index contributed by atoms with van der Waals surface area (Å²) in [6.07, 6.45) is 0.0209. The third-order valence-electron chi connectivity index (χ3n) is 4.21. The fraction of sp³-hybridized carbons (Fsp3) is 0.562. The Morgan fingerprint density at radius 2 is 2.29 bits per heavy atom. The predicted molar refractivity (Wildman–Crippen MR) is 84.0 cm³/mol. The van der Waals surface area contributed by atoms with E-state index in [1.807, 2.05) is 13.0 Å². The number of nitrogens with one attached hydrogen (secondary N) is 1. The standard InChI is InChI=1S/C16H19F2N3O3/c1-2-24-13-5-6-16(17,18)12(8-13)10-20-14-7-11(9-19)3-4-15(14)21(22)23/h3-4,7,12-13,20H,2,5-6,8,10H2,1H3. The van der Waals surface area contributed by atoms with Gasteiger partial charge in [-0.3, -0.25) is 10.1 Å². The van der Waals surface area contributed by atoms with Gasteiger partial charge < -0.3 is 10.1 Å². The Kier molecular flexibility index (Phi) is 5.67. The van der Waals surface area contributed by atoms with Gasteiger partial charge in [-0.25, -0.2) is 8.78 Å². The minimum atomic E-state index is -2.85. The van der Waals surface area contributed by atoms with Gasteiger partial charge in [-0.05, 0) is 31.9 Å². The topological polar surface area (TPSA) is 88.2 Å². The van der Waals surface area contributed by atoms with Crippen LogP contribution in [0.5, 0.6) is 0 Å². The van der Waals surface area contributed by atoms with E-state index in [1.165, 1.54) is 18.2 Å². The molecule has 1 fully saturated rings. The minimum Gasteiger partial charge on any atom is -0.379 e. The Morgan fingerprint density at radius 3 is 2.92 bits per heavy atom. The number of benzene rings is 1. The molecule has 1 aliphatic rings. The first-order valence-corrected chi connectivity index (χ1v) is 7.79. The normalized spacial score (nSPS) is 22.6. The number of nitrogens with zero attached hydrogens (tertiary/aromatic N) is 2. The van der Waals surface area contributed by atoms with Crippen molar-refractivity contribution in [2.75, 3.05) is 18.5 Å². The zero-order valence-electron chi connectivity index (χ0n) is 13.3. The molecule has 1 N–H and O–H groups in total. The highest BCUT2D eigenvalue weighted by Crippen LogP contribution is 2.40. The van der Waals surface area contributed by atoms with Crippen molar-refractivity contribution in [3.63, 3.8) is 0 Å². The van der Waals surface area contributed by atoms with Gasteiger partial charge >= 0.3 is 0 Å². The fourth-order valence-corrected chi connectivity index (χ4v) is 2.92. The van der Waals surface area contributed by atoms with Crippen LogP contribution in [0.4, 0.5) is 20.2 Å². The van der Waals surface area contributed by atoms with Crippen LogP contribution in [0, 0.1) is 27.4 Å². The highest BCUT2D eigenvalue weighted by molar-refractivity contribution is 5.64. The Bertz CT molecular complexity index is 646. The molecular formula is C16H19F2N3O3. The van der Waals surface area contributed by atoms with Crippen LogP contribution in [0.25, 0.3) is 0 Å². The number of nitro groups is 1. The number of hydrogen-bond acceptors (Lipinski definition) is 5. The zero-order chi connectivity index (χ0) is 17.7. The van der Waals surface area contributed by atoms with E-state index in [9.17, 15) is 18.9 Å². The zero-order valence-corrected chi connectivity index (χ0v) is 13.3. The van der Waals surface area contributed by atoms with Crippen molar-refractivity contribution in [3.05, 3.63) is 33.9 Å². The molecule has 0 aromatic heterocycles. The quantitative estimate of drug-likeness (QED) is 0.630. The highest BCUT2D eigenvalue weighted by atomic mass is 19.3. The van der Waals surface area contributed by atoms with Gasteiger partial charge in [0.05, 0.1) is 22.7 Å². The molecule has 0 bridgehead atoms. The summed E-state index contributed by atoms with van der Waals surface area (Å²) in [6.45, 7) is 2.16. The molecule has 24 heavy (non-hydrogen) atoms. The van der Waals surface area contributed by atoms with Crippen LogP contribution in [0.15, 0.2) is 18.2 Å². The second-order valence-corrected chi connectivity index (χ2v) is 5.79. The van der Waals surface area contributed by atoms with Crippen LogP contribution in [0.2, 0.25) is 0 Å². The Labute approximate surface area is 138 Å². The Morgan fingerprint density at radius 1 is 1.54 bits per heavy atom. The summed E-state index contributed by atoms with van der Waals surface area (Å²) in [5, 5.41) is 22.7. The summed E-state index contributed by atoms with van der Waals surface area (Å²) >= 11 is 0. The molecule has 0 radical (unpaired) electrons. The molecular weight excluding hydrogens is 320 g/mol. The lowest BCUT2D eigenvalue weighted by atomic mass is 9.83. The molecule has 2 unspecified atom stereocenters. The minimum absolute atomic E-state index is 0.0772.